The Morgan fingerprint density at radius 1 is 0.929 bits per heavy atom. The third kappa shape index (κ3) is 3.69. The van der Waals surface area contributed by atoms with E-state index < -0.39 is 0 Å². The standard InChI is InChI=1S/C24H23BrN2O/c1-16-4-11-21(14-17(16)2)27-24(19-7-12-22(28-3)13-8-19)15-23(26-27)18-5-9-20(25)10-6-18/h4-14,24H,15H2,1-3H3. The van der Waals surface area contributed by atoms with Crippen LogP contribution >= 0.6 is 15.9 Å². The molecule has 0 saturated carbocycles. The van der Waals surface area contributed by atoms with Crippen molar-refractivity contribution < 1.29 is 4.74 Å². The Hall–Kier alpha value is -2.59. The monoisotopic (exact) mass is 434 g/mol. The molecule has 0 radical (unpaired) electrons. The minimum Gasteiger partial charge on any atom is -0.497 e. The van der Waals surface area contributed by atoms with Crippen molar-refractivity contribution in [1.82, 2.24) is 0 Å². The molecule has 1 atom stereocenters. The summed E-state index contributed by atoms with van der Waals surface area (Å²) in [6, 6.07) is 23.4. The minimum absolute atomic E-state index is 0.159. The zero-order valence-electron chi connectivity index (χ0n) is 16.3. The fraction of sp³-hybridized carbons (Fsp3) is 0.208. The van der Waals surface area contributed by atoms with Crippen molar-refractivity contribution >= 4 is 27.3 Å². The second-order valence-electron chi connectivity index (χ2n) is 7.16. The summed E-state index contributed by atoms with van der Waals surface area (Å²) in [5.41, 5.74) is 7.19. The summed E-state index contributed by atoms with van der Waals surface area (Å²) in [4.78, 5) is 0. The predicted molar refractivity (Wildman–Crippen MR) is 119 cm³/mol. The van der Waals surface area contributed by atoms with E-state index in [1.54, 1.807) is 7.11 Å². The van der Waals surface area contributed by atoms with Gasteiger partial charge in [-0.15, -0.1) is 0 Å². The van der Waals surface area contributed by atoms with E-state index in [1.807, 2.05) is 12.1 Å². The third-order valence-corrected chi connectivity index (χ3v) is 5.87. The molecule has 3 nitrogen and oxygen atoms in total. The van der Waals surface area contributed by atoms with Crippen LogP contribution in [0.15, 0.2) is 76.3 Å². The smallest absolute Gasteiger partial charge is 0.118 e. The van der Waals surface area contributed by atoms with Gasteiger partial charge in [0, 0.05) is 10.9 Å². The third-order valence-electron chi connectivity index (χ3n) is 5.34. The SMILES string of the molecule is COc1ccc(C2CC(c3ccc(Br)cc3)=NN2c2ccc(C)c(C)c2)cc1. The maximum Gasteiger partial charge on any atom is 0.118 e. The van der Waals surface area contributed by atoms with Crippen LogP contribution in [-0.2, 0) is 0 Å². The molecule has 4 heteroatoms. The van der Waals surface area contributed by atoms with Crippen molar-refractivity contribution in [3.05, 3.63) is 93.5 Å². The van der Waals surface area contributed by atoms with Crippen LogP contribution in [-0.4, -0.2) is 12.8 Å². The Labute approximate surface area is 174 Å². The molecule has 0 N–H and O–H groups in total. The summed E-state index contributed by atoms with van der Waals surface area (Å²) in [5.74, 6) is 0.869. The van der Waals surface area contributed by atoms with Gasteiger partial charge < -0.3 is 4.74 Å². The molecule has 0 amide bonds. The zero-order valence-corrected chi connectivity index (χ0v) is 17.9. The predicted octanol–water partition coefficient (Wildman–Crippen LogP) is 6.43. The van der Waals surface area contributed by atoms with Gasteiger partial charge in [0.15, 0.2) is 0 Å². The number of methoxy groups -OCH3 is 1. The molecule has 0 aromatic heterocycles. The molecule has 4 rings (SSSR count). The summed E-state index contributed by atoms with van der Waals surface area (Å²) >= 11 is 3.52. The van der Waals surface area contributed by atoms with Crippen LogP contribution in [0.25, 0.3) is 0 Å². The Morgan fingerprint density at radius 2 is 1.64 bits per heavy atom. The second-order valence-corrected chi connectivity index (χ2v) is 8.08. The summed E-state index contributed by atoms with van der Waals surface area (Å²) in [6.07, 6.45) is 0.862. The maximum atomic E-state index is 5.33. The van der Waals surface area contributed by atoms with Crippen LogP contribution in [0.2, 0.25) is 0 Å². The largest absolute Gasteiger partial charge is 0.497 e. The van der Waals surface area contributed by atoms with Gasteiger partial charge in [0.25, 0.3) is 0 Å². The molecule has 1 unspecified atom stereocenters. The number of nitrogens with zero attached hydrogens (tertiary/aromatic N) is 2. The molecule has 3 aromatic rings. The number of hydrogen-bond acceptors (Lipinski definition) is 3. The lowest BCUT2D eigenvalue weighted by molar-refractivity contribution is 0.414. The number of hydrazone groups is 1. The fourth-order valence-corrected chi connectivity index (χ4v) is 3.78. The van der Waals surface area contributed by atoms with Gasteiger partial charge in [-0.05, 0) is 72.5 Å². The van der Waals surface area contributed by atoms with Crippen LogP contribution in [0.1, 0.15) is 34.7 Å². The molecular formula is C24H23BrN2O. The van der Waals surface area contributed by atoms with Crippen molar-refractivity contribution in [2.75, 3.05) is 12.1 Å². The molecule has 1 aliphatic rings. The van der Waals surface area contributed by atoms with Gasteiger partial charge in [-0.3, -0.25) is 5.01 Å². The second kappa shape index (κ2) is 7.80. The molecule has 142 valence electrons. The van der Waals surface area contributed by atoms with E-state index in [0.29, 0.717) is 0 Å². The molecule has 0 bridgehead atoms. The number of benzene rings is 3. The summed E-state index contributed by atoms with van der Waals surface area (Å²) in [6.45, 7) is 4.29. The van der Waals surface area contributed by atoms with E-state index in [0.717, 1.165) is 33.6 Å². The van der Waals surface area contributed by atoms with Crippen LogP contribution in [0.3, 0.4) is 0 Å². The molecule has 0 saturated heterocycles. The average molecular weight is 435 g/mol. The first-order chi connectivity index (χ1) is 13.5. The number of aryl methyl sites for hydroxylation is 2. The highest BCUT2D eigenvalue weighted by molar-refractivity contribution is 9.10. The highest BCUT2D eigenvalue weighted by Gasteiger charge is 2.30. The summed E-state index contributed by atoms with van der Waals surface area (Å²) in [5, 5.41) is 7.19. The molecule has 0 aliphatic carbocycles. The number of halogens is 1. The molecular weight excluding hydrogens is 412 g/mol. The first kappa shape index (κ1) is 18.8. The van der Waals surface area contributed by atoms with E-state index >= 15 is 0 Å². The molecule has 1 aliphatic heterocycles. The highest BCUT2D eigenvalue weighted by atomic mass is 79.9. The number of anilines is 1. The lowest BCUT2D eigenvalue weighted by Gasteiger charge is -2.24. The lowest BCUT2D eigenvalue weighted by atomic mass is 9.98. The van der Waals surface area contributed by atoms with Crippen molar-refractivity contribution in [3.8, 4) is 5.75 Å². The Kier molecular flexibility index (Phi) is 5.23. The van der Waals surface area contributed by atoms with E-state index in [2.05, 4.69) is 89.4 Å². The van der Waals surface area contributed by atoms with Crippen molar-refractivity contribution in [2.45, 2.75) is 26.3 Å². The number of hydrogen-bond donors (Lipinski definition) is 0. The van der Waals surface area contributed by atoms with Crippen LogP contribution in [0.5, 0.6) is 5.75 Å². The number of ether oxygens (including phenoxy) is 1. The Bertz CT molecular complexity index is 1010. The molecule has 0 fully saturated rings. The van der Waals surface area contributed by atoms with Crippen LogP contribution < -0.4 is 9.75 Å². The Balaban J connectivity index is 1.74. The van der Waals surface area contributed by atoms with Gasteiger partial charge in [-0.1, -0.05) is 46.3 Å². The van der Waals surface area contributed by atoms with Crippen molar-refractivity contribution in [3.63, 3.8) is 0 Å². The van der Waals surface area contributed by atoms with Gasteiger partial charge >= 0.3 is 0 Å². The fourth-order valence-electron chi connectivity index (χ4n) is 3.52. The van der Waals surface area contributed by atoms with Crippen LogP contribution in [0.4, 0.5) is 5.69 Å². The maximum absolute atomic E-state index is 5.33. The van der Waals surface area contributed by atoms with E-state index in [4.69, 9.17) is 9.84 Å². The Morgan fingerprint density at radius 3 is 2.29 bits per heavy atom. The molecule has 28 heavy (non-hydrogen) atoms. The lowest BCUT2D eigenvalue weighted by Crippen LogP contribution is -2.18. The van der Waals surface area contributed by atoms with E-state index in [9.17, 15) is 0 Å². The minimum atomic E-state index is 0.159. The van der Waals surface area contributed by atoms with E-state index in [-0.39, 0.29) is 6.04 Å². The zero-order chi connectivity index (χ0) is 19.7. The number of rotatable bonds is 4. The normalized spacial score (nSPS) is 16.2. The molecule has 0 spiro atoms. The van der Waals surface area contributed by atoms with Gasteiger partial charge in [0.1, 0.15) is 5.75 Å². The van der Waals surface area contributed by atoms with Crippen molar-refractivity contribution in [2.24, 2.45) is 5.10 Å². The summed E-state index contributed by atoms with van der Waals surface area (Å²) < 4.78 is 6.40. The van der Waals surface area contributed by atoms with Gasteiger partial charge in [0.2, 0.25) is 0 Å². The first-order valence-electron chi connectivity index (χ1n) is 9.39. The van der Waals surface area contributed by atoms with Gasteiger partial charge in [0.05, 0.1) is 24.6 Å². The summed E-state index contributed by atoms with van der Waals surface area (Å²) in [7, 11) is 1.70. The molecule has 3 aromatic carbocycles. The van der Waals surface area contributed by atoms with E-state index in [1.165, 1.54) is 16.7 Å². The molecule has 1 heterocycles. The highest BCUT2D eigenvalue weighted by Crippen LogP contribution is 2.37. The van der Waals surface area contributed by atoms with Crippen LogP contribution in [0, 0.1) is 13.8 Å². The first-order valence-corrected chi connectivity index (χ1v) is 10.2. The van der Waals surface area contributed by atoms with Gasteiger partial charge in [-0.2, -0.15) is 5.10 Å². The van der Waals surface area contributed by atoms with Gasteiger partial charge in [-0.25, -0.2) is 0 Å². The average Bonchev–Trinajstić information content (AvgIpc) is 3.16. The topological polar surface area (TPSA) is 24.8 Å². The quantitative estimate of drug-likeness (QED) is 0.472. The van der Waals surface area contributed by atoms with Crippen molar-refractivity contribution in [1.29, 1.82) is 0 Å².